The number of nitrogens with zero attached hydrogens (tertiary/aromatic N) is 1. The highest BCUT2D eigenvalue weighted by Gasteiger charge is 2.34. The highest BCUT2D eigenvalue weighted by Crippen LogP contribution is 2.30. The molecule has 96 valence electrons. The second-order valence-electron chi connectivity index (χ2n) is 4.92. The van der Waals surface area contributed by atoms with Crippen LogP contribution in [0.4, 0.5) is 0 Å². The van der Waals surface area contributed by atoms with Crippen molar-refractivity contribution in [3.63, 3.8) is 0 Å². The van der Waals surface area contributed by atoms with Crippen LogP contribution in [0.25, 0.3) is 0 Å². The predicted molar refractivity (Wildman–Crippen MR) is 65.2 cm³/mol. The van der Waals surface area contributed by atoms with Crippen LogP contribution in [0.1, 0.15) is 45.4 Å². The van der Waals surface area contributed by atoms with Crippen LogP contribution in [0.5, 0.6) is 0 Å². The SMILES string of the molecule is CCc1ncc(S(=O)(=O)NC2(C)CCCC2)[nH]1. The fraction of sp³-hybridized carbons (Fsp3) is 0.727. The van der Waals surface area contributed by atoms with Crippen LogP contribution < -0.4 is 4.72 Å². The van der Waals surface area contributed by atoms with Crippen molar-refractivity contribution in [3.8, 4) is 0 Å². The number of imidazole rings is 1. The first-order chi connectivity index (χ1) is 7.95. The number of sulfonamides is 1. The zero-order valence-electron chi connectivity index (χ0n) is 10.3. The molecule has 1 heterocycles. The van der Waals surface area contributed by atoms with Crippen molar-refractivity contribution in [3.05, 3.63) is 12.0 Å². The summed E-state index contributed by atoms with van der Waals surface area (Å²) < 4.78 is 27.1. The van der Waals surface area contributed by atoms with Crippen LogP contribution in [0.3, 0.4) is 0 Å². The molecule has 1 aromatic rings. The lowest BCUT2D eigenvalue weighted by Gasteiger charge is -2.24. The summed E-state index contributed by atoms with van der Waals surface area (Å²) in [6, 6.07) is 0. The van der Waals surface area contributed by atoms with Gasteiger partial charge < -0.3 is 4.98 Å². The van der Waals surface area contributed by atoms with Gasteiger partial charge in [0.25, 0.3) is 10.0 Å². The second-order valence-corrected chi connectivity index (χ2v) is 6.57. The zero-order valence-corrected chi connectivity index (χ0v) is 11.1. The van der Waals surface area contributed by atoms with Gasteiger partial charge in [-0.15, -0.1) is 0 Å². The van der Waals surface area contributed by atoms with E-state index in [0.717, 1.165) is 25.7 Å². The van der Waals surface area contributed by atoms with Gasteiger partial charge in [-0.2, -0.15) is 0 Å². The molecule has 0 bridgehead atoms. The number of aromatic nitrogens is 2. The van der Waals surface area contributed by atoms with Crippen molar-refractivity contribution in [2.75, 3.05) is 0 Å². The third kappa shape index (κ3) is 2.69. The van der Waals surface area contributed by atoms with E-state index in [1.807, 2.05) is 13.8 Å². The minimum absolute atomic E-state index is 0.169. The van der Waals surface area contributed by atoms with Crippen LogP contribution in [-0.2, 0) is 16.4 Å². The molecule has 0 aliphatic heterocycles. The van der Waals surface area contributed by atoms with Gasteiger partial charge in [0.1, 0.15) is 5.82 Å². The lowest BCUT2D eigenvalue weighted by Crippen LogP contribution is -2.43. The van der Waals surface area contributed by atoms with E-state index in [2.05, 4.69) is 14.7 Å². The fourth-order valence-corrected chi connectivity index (χ4v) is 3.70. The first-order valence-electron chi connectivity index (χ1n) is 6.03. The molecule has 0 unspecified atom stereocenters. The van der Waals surface area contributed by atoms with Gasteiger partial charge in [0.15, 0.2) is 5.03 Å². The van der Waals surface area contributed by atoms with Crippen LogP contribution >= 0.6 is 0 Å². The quantitative estimate of drug-likeness (QED) is 0.860. The Bertz CT molecular complexity index is 487. The minimum atomic E-state index is -3.46. The summed E-state index contributed by atoms with van der Waals surface area (Å²) >= 11 is 0. The maximum atomic E-state index is 12.1. The van der Waals surface area contributed by atoms with E-state index in [1.54, 1.807) is 0 Å². The Balaban J connectivity index is 2.18. The molecule has 0 spiro atoms. The number of aryl methyl sites for hydroxylation is 1. The maximum Gasteiger partial charge on any atom is 0.258 e. The van der Waals surface area contributed by atoms with E-state index in [0.29, 0.717) is 12.2 Å². The summed E-state index contributed by atoms with van der Waals surface area (Å²) in [6.45, 7) is 3.90. The Hall–Kier alpha value is -0.880. The Morgan fingerprint density at radius 3 is 2.65 bits per heavy atom. The smallest absolute Gasteiger partial charge is 0.258 e. The molecule has 6 heteroatoms. The third-order valence-electron chi connectivity index (χ3n) is 3.32. The fourth-order valence-electron chi connectivity index (χ4n) is 2.30. The molecule has 2 N–H and O–H groups in total. The van der Waals surface area contributed by atoms with E-state index < -0.39 is 10.0 Å². The summed E-state index contributed by atoms with van der Waals surface area (Å²) in [5, 5.41) is 0.169. The van der Waals surface area contributed by atoms with E-state index in [1.165, 1.54) is 6.20 Å². The Labute approximate surface area is 102 Å². The Kier molecular flexibility index (Phi) is 3.27. The predicted octanol–water partition coefficient (Wildman–Crippen LogP) is 1.58. The summed E-state index contributed by atoms with van der Waals surface area (Å²) in [5.41, 5.74) is -0.295. The average Bonchev–Trinajstić information content (AvgIpc) is 2.85. The number of H-pyrrole nitrogens is 1. The third-order valence-corrected chi connectivity index (χ3v) is 4.87. The lowest BCUT2D eigenvalue weighted by molar-refractivity contribution is 0.426. The lowest BCUT2D eigenvalue weighted by atomic mass is 10.0. The van der Waals surface area contributed by atoms with Crippen molar-refractivity contribution in [2.24, 2.45) is 0 Å². The molecular formula is C11H19N3O2S. The molecule has 0 atom stereocenters. The van der Waals surface area contributed by atoms with E-state index in [9.17, 15) is 8.42 Å². The van der Waals surface area contributed by atoms with E-state index in [-0.39, 0.29) is 10.6 Å². The largest absolute Gasteiger partial charge is 0.332 e. The van der Waals surface area contributed by atoms with Crippen LogP contribution in [0.2, 0.25) is 0 Å². The molecule has 0 amide bonds. The molecule has 1 fully saturated rings. The zero-order chi connectivity index (χ0) is 12.5. The van der Waals surface area contributed by atoms with Gasteiger partial charge >= 0.3 is 0 Å². The van der Waals surface area contributed by atoms with Gasteiger partial charge in [-0.25, -0.2) is 18.1 Å². The molecule has 1 aliphatic carbocycles. The Morgan fingerprint density at radius 2 is 2.12 bits per heavy atom. The van der Waals surface area contributed by atoms with Crippen molar-refractivity contribution in [2.45, 2.75) is 56.5 Å². The first-order valence-corrected chi connectivity index (χ1v) is 7.51. The normalized spacial score (nSPS) is 19.6. The van der Waals surface area contributed by atoms with Crippen LogP contribution in [-0.4, -0.2) is 23.9 Å². The number of hydrogen-bond acceptors (Lipinski definition) is 3. The van der Waals surface area contributed by atoms with E-state index >= 15 is 0 Å². The summed E-state index contributed by atoms with van der Waals surface area (Å²) in [4.78, 5) is 6.86. The molecule has 0 aromatic carbocycles. The second kappa shape index (κ2) is 4.42. The monoisotopic (exact) mass is 257 g/mol. The van der Waals surface area contributed by atoms with Gasteiger partial charge in [-0.05, 0) is 19.8 Å². The molecule has 1 aromatic heterocycles. The summed E-state index contributed by atoms with van der Waals surface area (Å²) in [6.07, 6.45) is 6.07. The van der Waals surface area contributed by atoms with Crippen LogP contribution in [0, 0.1) is 0 Å². The van der Waals surface area contributed by atoms with Crippen molar-refractivity contribution in [1.29, 1.82) is 0 Å². The summed E-state index contributed by atoms with van der Waals surface area (Å²) in [5.74, 6) is 0.696. The molecule has 1 aliphatic rings. The molecule has 1 saturated carbocycles. The molecule has 0 saturated heterocycles. The highest BCUT2D eigenvalue weighted by atomic mass is 32.2. The van der Waals surface area contributed by atoms with Gasteiger partial charge in [0, 0.05) is 12.0 Å². The number of rotatable bonds is 4. The minimum Gasteiger partial charge on any atom is -0.332 e. The first kappa shape index (κ1) is 12.6. The number of aromatic amines is 1. The van der Waals surface area contributed by atoms with Gasteiger partial charge in [-0.1, -0.05) is 19.8 Å². The van der Waals surface area contributed by atoms with Crippen molar-refractivity contribution in [1.82, 2.24) is 14.7 Å². The van der Waals surface area contributed by atoms with Gasteiger partial charge in [-0.3, -0.25) is 0 Å². The van der Waals surface area contributed by atoms with Crippen LogP contribution in [0.15, 0.2) is 11.2 Å². The van der Waals surface area contributed by atoms with Gasteiger partial charge in [0.05, 0.1) is 6.20 Å². The van der Waals surface area contributed by atoms with Crippen molar-refractivity contribution < 1.29 is 8.42 Å². The average molecular weight is 257 g/mol. The topological polar surface area (TPSA) is 74.8 Å². The summed E-state index contributed by atoms with van der Waals surface area (Å²) in [7, 11) is -3.46. The molecule has 5 nitrogen and oxygen atoms in total. The molecular weight excluding hydrogens is 238 g/mol. The molecule has 0 radical (unpaired) electrons. The number of nitrogens with one attached hydrogen (secondary N) is 2. The number of hydrogen-bond donors (Lipinski definition) is 2. The Morgan fingerprint density at radius 1 is 1.47 bits per heavy atom. The van der Waals surface area contributed by atoms with Gasteiger partial charge in [0.2, 0.25) is 0 Å². The highest BCUT2D eigenvalue weighted by molar-refractivity contribution is 7.89. The van der Waals surface area contributed by atoms with E-state index in [4.69, 9.17) is 0 Å². The molecule has 17 heavy (non-hydrogen) atoms. The molecule has 2 rings (SSSR count). The van der Waals surface area contributed by atoms with Crippen molar-refractivity contribution >= 4 is 10.0 Å². The standard InChI is InChI=1S/C11H19N3O2S/c1-3-9-12-8-10(13-9)17(15,16)14-11(2)6-4-5-7-11/h8,14H,3-7H2,1-2H3,(H,12,13). The maximum absolute atomic E-state index is 12.1.